The summed E-state index contributed by atoms with van der Waals surface area (Å²) in [6.07, 6.45) is 4.10. The molecule has 0 aromatic heterocycles. The van der Waals surface area contributed by atoms with Gasteiger partial charge in [0.25, 0.3) is 0 Å². The fourth-order valence-corrected chi connectivity index (χ4v) is 2.12. The Labute approximate surface area is 134 Å². The Morgan fingerprint density at radius 1 is 1.00 bits per heavy atom. The number of benzene rings is 2. The molecule has 0 saturated heterocycles. The van der Waals surface area contributed by atoms with Gasteiger partial charge in [-0.1, -0.05) is 64.5 Å². The van der Waals surface area contributed by atoms with Crippen molar-refractivity contribution in [3.63, 3.8) is 0 Å². The third-order valence-electron chi connectivity index (χ3n) is 2.90. The van der Waals surface area contributed by atoms with Crippen LogP contribution in [0, 0.1) is 0 Å². The smallest absolute Gasteiger partial charge is 0.161 e. The molecule has 0 aliphatic heterocycles. The van der Waals surface area contributed by atoms with Crippen LogP contribution in [-0.2, 0) is 6.61 Å². The van der Waals surface area contributed by atoms with Gasteiger partial charge in [-0.2, -0.15) is 0 Å². The molecule has 2 nitrogen and oxygen atoms in total. The fraction of sp³-hybridized carbons (Fsp3) is 0.222. The Bertz CT molecular complexity index is 579. The van der Waals surface area contributed by atoms with E-state index in [9.17, 15) is 0 Å². The molecule has 0 N–H and O–H groups in total. The lowest BCUT2D eigenvalue weighted by Crippen LogP contribution is -1.99. The summed E-state index contributed by atoms with van der Waals surface area (Å²) in [4.78, 5) is 0. The Balaban J connectivity index is 2.12. The van der Waals surface area contributed by atoms with Gasteiger partial charge in [-0.3, -0.25) is 0 Å². The van der Waals surface area contributed by atoms with Crippen molar-refractivity contribution in [2.45, 2.75) is 13.5 Å². The van der Waals surface area contributed by atoms with Gasteiger partial charge >= 0.3 is 0 Å². The van der Waals surface area contributed by atoms with E-state index in [4.69, 9.17) is 9.47 Å². The van der Waals surface area contributed by atoms with Gasteiger partial charge in [-0.25, -0.2) is 0 Å². The first-order valence-corrected chi connectivity index (χ1v) is 8.11. The number of allylic oxidation sites excluding steroid dienone is 1. The van der Waals surface area contributed by atoms with Crippen LogP contribution in [0.15, 0.2) is 54.6 Å². The van der Waals surface area contributed by atoms with Crippen LogP contribution < -0.4 is 9.47 Å². The van der Waals surface area contributed by atoms with Crippen molar-refractivity contribution in [2.24, 2.45) is 0 Å². The molecular weight excluding hydrogens is 328 g/mol. The molecule has 0 bridgehead atoms. The molecule has 110 valence electrons. The van der Waals surface area contributed by atoms with Crippen molar-refractivity contribution in [1.29, 1.82) is 0 Å². The van der Waals surface area contributed by atoms with Crippen molar-refractivity contribution in [2.75, 3.05) is 11.9 Å². The molecule has 0 radical (unpaired) electrons. The maximum atomic E-state index is 5.88. The summed E-state index contributed by atoms with van der Waals surface area (Å²) in [5, 5.41) is 0.837. The molecule has 3 heteroatoms. The summed E-state index contributed by atoms with van der Waals surface area (Å²) in [5.41, 5.74) is 2.24. The zero-order valence-corrected chi connectivity index (χ0v) is 13.7. The molecule has 0 fully saturated rings. The van der Waals surface area contributed by atoms with E-state index in [0.717, 1.165) is 28.0 Å². The fourth-order valence-electron chi connectivity index (χ4n) is 1.93. The van der Waals surface area contributed by atoms with Gasteiger partial charge in [0.05, 0.1) is 6.61 Å². The second-order valence-electron chi connectivity index (χ2n) is 4.47. The van der Waals surface area contributed by atoms with Gasteiger partial charge in [-0.15, -0.1) is 0 Å². The summed E-state index contributed by atoms with van der Waals surface area (Å²) in [6.45, 7) is 3.13. The van der Waals surface area contributed by atoms with Gasteiger partial charge in [0.2, 0.25) is 0 Å². The molecule has 0 spiro atoms. The molecule has 0 aliphatic carbocycles. The van der Waals surface area contributed by atoms with Crippen LogP contribution in [0.2, 0.25) is 0 Å². The highest BCUT2D eigenvalue weighted by Crippen LogP contribution is 2.29. The van der Waals surface area contributed by atoms with E-state index in [-0.39, 0.29) is 0 Å². The van der Waals surface area contributed by atoms with Crippen LogP contribution in [0.5, 0.6) is 11.5 Å². The average molecular weight is 347 g/mol. The molecule has 2 aromatic carbocycles. The second kappa shape index (κ2) is 8.53. The van der Waals surface area contributed by atoms with Crippen molar-refractivity contribution in [3.05, 3.63) is 65.7 Å². The van der Waals surface area contributed by atoms with Gasteiger partial charge in [-0.05, 0) is 30.2 Å². The Hall–Kier alpha value is -1.74. The largest absolute Gasteiger partial charge is 0.490 e. The molecule has 0 saturated carbocycles. The molecule has 2 rings (SSSR count). The van der Waals surface area contributed by atoms with Crippen molar-refractivity contribution >= 4 is 22.0 Å². The minimum Gasteiger partial charge on any atom is -0.490 e. The Kier molecular flexibility index (Phi) is 6.35. The van der Waals surface area contributed by atoms with Gasteiger partial charge in [0.1, 0.15) is 6.61 Å². The first-order chi connectivity index (χ1) is 10.3. The van der Waals surface area contributed by atoms with Gasteiger partial charge < -0.3 is 9.47 Å². The number of alkyl halides is 1. The van der Waals surface area contributed by atoms with Crippen LogP contribution in [-0.4, -0.2) is 11.9 Å². The topological polar surface area (TPSA) is 18.5 Å². The quantitative estimate of drug-likeness (QED) is 0.651. The van der Waals surface area contributed by atoms with Crippen LogP contribution >= 0.6 is 15.9 Å². The molecule has 21 heavy (non-hydrogen) atoms. The van der Waals surface area contributed by atoms with E-state index in [2.05, 4.69) is 28.1 Å². The lowest BCUT2D eigenvalue weighted by Gasteiger charge is -2.12. The number of ether oxygens (including phenoxy) is 2. The van der Waals surface area contributed by atoms with Crippen LogP contribution in [0.3, 0.4) is 0 Å². The van der Waals surface area contributed by atoms with Gasteiger partial charge in [0, 0.05) is 5.33 Å². The minimum atomic E-state index is 0.539. The van der Waals surface area contributed by atoms with E-state index < -0.39 is 0 Å². The lowest BCUT2D eigenvalue weighted by atomic mass is 10.2. The summed E-state index contributed by atoms with van der Waals surface area (Å²) < 4.78 is 11.6. The van der Waals surface area contributed by atoms with E-state index in [0.29, 0.717) is 13.2 Å². The Morgan fingerprint density at radius 3 is 2.52 bits per heavy atom. The number of hydrogen-bond acceptors (Lipinski definition) is 2. The minimum absolute atomic E-state index is 0.539. The molecule has 0 atom stereocenters. The third kappa shape index (κ3) is 4.94. The summed E-state index contributed by atoms with van der Waals surface area (Å²) in [5.74, 6) is 1.56. The first-order valence-electron chi connectivity index (χ1n) is 6.99. The van der Waals surface area contributed by atoms with Crippen LogP contribution in [0.1, 0.15) is 18.1 Å². The number of rotatable bonds is 7. The first kappa shape index (κ1) is 15.6. The highest BCUT2D eigenvalue weighted by molar-refractivity contribution is 9.09. The molecule has 2 aromatic rings. The normalized spacial score (nSPS) is 10.8. The maximum absolute atomic E-state index is 5.88. The highest BCUT2D eigenvalue weighted by atomic mass is 79.9. The number of halogens is 1. The molecule has 0 unspecified atom stereocenters. The molecular formula is C18H19BrO2. The van der Waals surface area contributed by atoms with Crippen molar-refractivity contribution in [3.8, 4) is 11.5 Å². The SMILES string of the molecule is CCOc1cc(C=CCBr)ccc1OCc1ccccc1. The van der Waals surface area contributed by atoms with E-state index in [1.54, 1.807) is 0 Å². The summed E-state index contributed by atoms with van der Waals surface area (Å²) in [7, 11) is 0. The third-order valence-corrected chi connectivity index (χ3v) is 3.28. The van der Waals surface area contributed by atoms with E-state index >= 15 is 0 Å². The molecule has 0 aliphatic rings. The van der Waals surface area contributed by atoms with Crippen molar-refractivity contribution in [1.82, 2.24) is 0 Å². The molecule has 0 heterocycles. The van der Waals surface area contributed by atoms with Crippen LogP contribution in [0.4, 0.5) is 0 Å². The van der Waals surface area contributed by atoms with Crippen LogP contribution in [0.25, 0.3) is 6.08 Å². The monoisotopic (exact) mass is 346 g/mol. The van der Waals surface area contributed by atoms with Gasteiger partial charge in [0.15, 0.2) is 11.5 Å². The predicted molar refractivity (Wildman–Crippen MR) is 91.2 cm³/mol. The Morgan fingerprint density at radius 2 is 1.81 bits per heavy atom. The standard InChI is InChI=1S/C18H19BrO2/c1-2-20-18-13-15(9-6-12-19)10-11-17(18)21-14-16-7-4-3-5-8-16/h3-11,13H,2,12,14H2,1H3. The van der Waals surface area contributed by atoms with E-state index in [1.165, 1.54) is 0 Å². The van der Waals surface area contributed by atoms with Crippen molar-refractivity contribution < 1.29 is 9.47 Å². The average Bonchev–Trinajstić information content (AvgIpc) is 2.53. The lowest BCUT2D eigenvalue weighted by molar-refractivity contribution is 0.269. The molecule has 0 amide bonds. The highest BCUT2D eigenvalue weighted by Gasteiger charge is 2.06. The number of hydrogen-bond donors (Lipinski definition) is 0. The predicted octanol–water partition coefficient (Wildman–Crippen LogP) is 5.07. The second-order valence-corrected chi connectivity index (χ2v) is 5.12. The van der Waals surface area contributed by atoms with E-state index in [1.807, 2.05) is 55.5 Å². The maximum Gasteiger partial charge on any atom is 0.161 e. The summed E-state index contributed by atoms with van der Waals surface area (Å²) >= 11 is 3.38. The zero-order chi connectivity index (χ0) is 14.9. The zero-order valence-electron chi connectivity index (χ0n) is 12.1. The summed E-state index contributed by atoms with van der Waals surface area (Å²) in [6, 6.07) is 16.1.